The molecule has 0 spiro atoms. The minimum absolute atomic E-state index is 0.103. The van der Waals surface area contributed by atoms with E-state index in [1.165, 1.54) is 16.9 Å². The molecule has 0 aliphatic rings. The van der Waals surface area contributed by atoms with Gasteiger partial charge < -0.3 is 10.4 Å². The van der Waals surface area contributed by atoms with Crippen LogP contribution < -0.4 is 5.32 Å². The van der Waals surface area contributed by atoms with E-state index < -0.39 is 5.97 Å². The zero-order valence-electron chi connectivity index (χ0n) is 13.1. The largest absolute Gasteiger partial charge is 0.477 e. The Labute approximate surface area is 143 Å². The average molecular weight is 330 g/mol. The van der Waals surface area contributed by atoms with Crippen molar-refractivity contribution in [2.75, 3.05) is 5.32 Å². The summed E-state index contributed by atoms with van der Waals surface area (Å²) in [6, 6.07) is 18.7. The number of para-hydroxylation sites is 3. The normalized spacial score (nSPS) is 10.7. The highest BCUT2D eigenvalue weighted by Crippen LogP contribution is 2.26. The molecule has 25 heavy (non-hydrogen) atoms. The van der Waals surface area contributed by atoms with Crippen LogP contribution in [0.2, 0.25) is 0 Å². The summed E-state index contributed by atoms with van der Waals surface area (Å²) >= 11 is 0. The average Bonchev–Trinajstić information content (AvgIpc) is 3.12. The number of rotatable bonds is 4. The molecule has 6 nitrogen and oxygen atoms in total. The van der Waals surface area contributed by atoms with Crippen LogP contribution in [0.15, 0.2) is 73.1 Å². The second-order valence-electron chi connectivity index (χ2n) is 5.49. The molecule has 0 aliphatic heterocycles. The first-order valence-corrected chi connectivity index (χ1v) is 7.71. The van der Waals surface area contributed by atoms with Crippen LogP contribution in [0.25, 0.3) is 16.6 Å². The van der Waals surface area contributed by atoms with E-state index in [4.69, 9.17) is 0 Å². The van der Waals surface area contributed by atoms with Crippen molar-refractivity contribution in [3.05, 3.63) is 78.8 Å². The number of pyridine rings is 1. The van der Waals surface area contributed by atoms with E-state index in [1.54, 1.807) is 6.20 Å². The molecule has 0 fully saturated rings. The second kappa shape index (κ2) is 6.09. The van der Waals surface area contributed by atoms with Gasteiger partial charge in [0.15, 0.2) is 5.69 Å². The van der Waals surface area contributed by atoms with Gasteiger partial charge in [0, 0.05) is 5.39 Å². The Kier molecular flexibility index (Phi) is 3.63. The van der Waals surface area contributed by atoms with Crippen LogP contribution >= 0.6 is 0 Å². The Bertz CT molecular complexity index is 1070. The highest BCUT2D eigenvalue weighted by Gasteiger charge is 2.14. The maximum Gasteiger partial charge on any atom is 0.354 e. The summed E-state index contributed by atoms with van der Waals surface area (Å²) in [4.78, 5) is 15.8. The van der Waals surface area contributed by atoms with Crippen molar-refractivity contribution in [1.29, 1.82) is 0 Å². The summed E-state index contributed by atoms with van der Waals surface area (Å²) in [5.41, 5.74) is 3.23. The first-order valence-electron chi connectivity index (χ1n) is 7.71. The van der Waals surface area contributed by atoms with Gasteiger partial charge in [-0.25, -0.2) is 9.48 Å². The van der Waals surface area contributed by atoms with E-state index in [0.717, 1.165) is 22.3 Å². The van der Waals surface area contributed by atoms with Crippen LogP contribution in [-0.4, -0.2) is 25.8 Å². The number of anilines is 2. The molecule has 2 aromatic heterocycles. The molecule has 2 aromatic carbocycles. The molecule has 0 saturated carbocycles. The van der Waals surface area contributed by atoms with E-state index in [9.17, 15) is 9.90 Å². The van der Waals surface area contributed by atoms with Gasteiger partial charge in [-0.15, -0.1) is 0 Å². The molecular weight excluding hydrogens is 316 g/mol. The van der Waals surface area contributed by atoms with Crippen molar-refractivity contribution in [2.45, 2.75) is 0 Å². The first-order chi connectivity index (χ1) is 12.2. The van der Waals surface area contributed by atoms with Crippen molar-refractivity contribution in [2.24, 2.45) is 0 Å². The minimum Gasteiger partial charge on any atom is -0.477 e. The highest BCUT2D eigenvalue weighted by molar-refractivity contribution is 5.87. The van der Waals surface area contributed by atoms with Crippen molar-refractivity contribution < 1.29 is 9.90 Å². The Hall–Kier alpha value is -3.67. The van der Waals surface area contributed by atoms with E-state index in [-0.39, 0.29) is 5.69 Å². The molecule has 4 aromatic rings. The third-order valence-corrected chi connectivity index (χ3v) is 3.86. The van der Waals surface area contributed by atoms with Crippen molar-refractivity contribution in [3.63, 3.8) is 0 Å². The van der Waals surface area contributed by atoms with Crippen molar-refractivity contribution in [3.8, 4) is 5.69 Å². The summed E-state index contributed by atoms with van der Waals surface area (Å²) < 4.78 is 1.40. The lowest BCUT2D eigenvalue weighted by Crippen LogP contribution is -2.09. The molecule has 0 atom stereocenters. The Morgan fingerprint density at radius 3 is 2.72 bits per heavy atom. The maximum atomic E-state index is 11.4. The number of carboxylic acids is 1. The number of aromatic nitrogens is 3. The number of nitrogens with one attached hydrogen (secondary N) is 1. The molecule has 6 heteroatoms. The number of benzene rings is 2. The van der Waals surface area contributed by atoms with Crippen LogP contribution in [0.1, 0.15) is 10.5 Å². The van der Waals surface area contributed by atoms with Crippen LogP contribution in [0.5, 0.6) is 0 Å². The van der Waals surface area contributed by atoms with Crippen LogP contribution in [0.3, 0.4) is 0 Å². The zero-order chi connectivity index (χ0) is 17.2. The fourth-order valence-corrected chi connectivity index (χ4v) is 2.72. The summed E-state index contributed by atoms with van der Waals surface area (Å²) in [5, 5.41) is 17.8. The fraction of sp³-hybridized carbons (Fsp3) is 0. The minimum atomic E-state index is -1.03. The maximum absolute atomic E-state index is 11.4. The van der Waals surface area contributed by atoms with E-state index in [1.807, 2.05) is 54.6 Å². The summed E-state index contributed by atoms with van der Waals surface area (Å²) in [7, 11) is 0. The molecular formula is C19H14N4O2. The summed E-state index contributed by atoms with van der Waals surface area (Å²) in [5.74, 6) is -1.03. The number of fused-ring (bicyclic) bond motifs is 1. The predicted molar refractivity (Wildman–Crippen MR) is 95.5 cm³/mol. The molecule has 2 N–H and O–H groups in total. The number of aromatic carboxylic acids is 1. The van der Waals surface area contributed by atoms with Gasteiger partial charge in [-0.05, 0) is 30.3 Å². The third kappa shape index (κ3) is 2.81. The molecule has 122 valence electrons. The molecule has 0 aliphatic carbocycles. The van der Waals surface area contributed by atoms with E-state index >= 15 is 0 Å². The topological polar surface area (TPSA) is 80.0 Å². The van der Waals surface area contributed by atoms with Crippen LogP contribution in [0.4, 0.5) is 11.4 Å². The molecule has 0 bridgehead atoms. The number of carboxylic acid groups (broad SMARTS) is 1. The first kappa shape index (κ1) is 14.9. The second-order valence-corrected chi connectivity index (χ2v) is 5.49. The molecule has 0 saturated heterocycles. The number of hydrogen-bond donors (Lipinski definition) is 2. The smallest absolute Gasteiger partial charge is 0.354 e. The molecule has 0 unspecified atom stereocenters. The van der Waals surface area contributed by atoms with E-state index in [0.29, 0.717) is 5.69 Å². The SMILES string of the molecule is O=C(O)c1ccnn1-c1ccccc1Nc1cnc2ccccc2c1. The molecule has 4 rings (SSSR count). The van der Waals surface area contributed by atoms with Crippen molar-refractivity contribution >= 4 is 28.2 Å². The monoisotopic (exact) mass is 330 g/mol. The van der Waals surface area contributed by atoms with Gasteiger partial charge in [-0.2, -0.15) is 5.10 Å². The number of carbonyl (C=O) groups is 1. The lowest BCUT2D eigenvalue weighted by Gasteiger charge is -2.13. The quantitative estimate of drug-likeness (QED) is 0.594. The molecule has 0 radical (unpaired) electrons. The lowest BCUT2D eigenvalue weighted by molar-refractivity contribution is 0.0687. The number of nitrogens with zero attached hydrogens (tertiary/aromatic N) is 3. The zero-order valence-corrected chi connectivity index (χ0v) is 13.1. The summed E-state index contributed by atoms with van der Waals surface area (Å²) in [6.45, 7) is 0. The molecule has 2 heterocycles. The van der Waals surface area contributed by atoms with Crippen molar-refractivity contribution in [1.82, 2.24) is 14.8 Å². The van der Waals surface area contributed by atoms with Gasteiger partial charge in [0.2, 0.25) is 0 Å². The van der Waals surface area contributed by atoms with Gasteiger partial charge >= 0.3 is 5.97 Å². The standard InChI is InChI=1S/C19H14N4O2/c24-19(25)18-9-10-21-23(18)17-8-4-3-7-16(17)22-14-11-13-5-1-2-6-15(13)20-12-14/h1-12,22H,(H,24,25). The van der Waals surface area contributed by atoms with Gasteiger partial charge in [-0.1, -0.05) is 30.3 Å². The third-order valence-electron chi connectivity index (χ3n) is 3.86. The van der Waals surface area contributed by atoms with Gasteiger partial charge in [-0.3, -0.25) is 4.98 Å². The molecule has 0 amide bonds. The van der Waals surface area contributed by atoms with Gasteiger partial charge in [0.25, 0.3) is 0 Å². The van der Waals surface area contributed by atoms with Gasteiger partial charge in [0.1, 0.15) is 0 Å². The Balaban J connectivity index is 1.76. The highest BCUT2D eigenvalue weighted by atomic mass is 16.4. The predicted octanol–water partition coefficient (Wildman–Crippen LogP) is 3.86. The number of hydrogen-bond acceptors (Lipinski definition) is 4. The van der Waals surface area contributed by atoms with Crippen LogP contribution in [0, 0.1) is 0 Å². The fourth-order valence-electron chi connectivity index (χ4n) is 2.72. The van der Waals surface area contributed by atoms with Gasteiger partial charge in [0.05, 0.1) is 35.0 Å². The van der Waals surface area contributed by atoms with E-state index in [2.05, 4.69) is 15.4 Å². The lowest BCUT2D eigenvalue weighted by atomic mass is 10.2. The summed E-state index contributed by atoms with van der Waals surface area (Å²) in [6.07, 6.45) is 3.22. The Morgan fingerprint density at radius 1 is 1.04 bits per heavy atom. The van der Waals surface area contributed by atoms with Crippen LogP contribution in [-0.2, 0) is 0 Å². The Morgan fingerprint density at radius 2 is 1.84 bits per heavy atom.